The molecule has 7 nitrogen and oxygen atoms in total. The van der Waals surface area contributed by atoms with Gasteiger partial charge in [-0.05, 0) is 110 Å². The van der Waals surface area contributed by atoms with E-state index in [0.717, 1.165) is 26.1 Å². The van der Waals surface area contributed by atoms with Crippen molar-refractivity contribution in [2.75, 3.05) is 33.0 Å². The molecule has 0 spiro atoms. The van der Waals surface area contributed by atoms with Crippen LogP contribution < -0.4 is 0 Å². The van der Waals surface area contributed by atoms with Crippen LogP contribution >= 0.6 is 0 Å². The van der Waals surface area contributed by atoms with E-state index in [-0.39, 0.29) is 27.7 Å². The number of rotatable bonds is 24. The van der Waals surface area contributed by atoms with Gasteiger partial charge >= 0.3 is 8.56 Å². The quantitative estimate of drug-likeness (QED) is 0.0719. The van der Waals surface area contributed by atoms with Crippen molar-refractivity contribution < 1.29 is 31.9 Å². The minimum atomic E-state index is -2.97. The Morgan fingerprint density at radius 1 is 0.792 bits per heavy atom. The Bertz CT molecular complexity index is 970. The van der Waals surface area contributed by atoms with Crippen molar-refractivity contribution in [3.05, 3.63) is 0 Å². The summed E-state index contributed by atoms with van der Waals surface area (Å²) in [7, 11) is -8.04. The number of ether oxygens (including phenoxy) is 3. The second-order valence-corrected chi connectivity index (χ2v) is 36.4. The highest BCUT2D eigenvalue weighted by Crippen LogP contribution is 2.42. The molecule has 1 fully saturated rings. The molecule has 0 bridgehead atoms. The van der Waals surface area contributed by atoms with E-state index in [1.807, 2.05) is 0 Å². The average Bonchev–Trinajstić information content (AvgIpc) is 3.68. The highest BCUT2D eigenvalue weighted by Gasteiger charge is 2.56. The van der Waals surface area contributed by atoms with Crippen LogP contribution in [0.4, 0.5) is 0 Å². The largest absolute Gasteiger partial charge is 0.418 e. The lowest BCUT2D eigenvalue weighted by Gasteiger charge is -2.50. The van der Waals surface area contributed by atoms with E-state index in [2.05, 4.69) is 142 Å². The summed E-state index contributed by atoms with van der Waals surface area (Å²) in [5, 5.41) is -0.648. The Morgan fingerprint density at radius 3 is 1.79 bits per heavy atom. The topological polar surface area (TPSA) is 67.9 Å². The number of hydrogen-bond acceptors (Lipinski definition) is 7. The zero-order chi connectivity index (χ0) is 37.8. The van der Waals surface area contributed by atoms with Crippen LogP contribution in [0.1, 0.15) is 103 Å². The Hall–Kier alpha value is 0.588. The second-order valence-electron chi connectivity index (χ2n) is 20.1. The fourth-order valence-corrected chi connectivity index (χ4v) is 16.6. The van der Waals surface area contributed by atoms with Crippen LogP contribution in [-0.4, -0.2) is 95.3 Å². The molecule has 0 aromatic heterocycles. The minimum absolute atomic E-state index is 0.0244. The highest BCUT2D eigenvalue weighted by atomic mass is 28.4. The smallest absolute Gasteiger partial charge is 0.366 e. The molecule has 1 saturated heterocycles. The molecule has 11 heteroatoms. The number of epoxide rings is 1. The minimum Gasteiger partial charge on any atom is -0.418 e. The van der Waals surface area contributed by atoms with Gasteiger partial charge in [-0.15, -0.1) is 0 Å². The van der Waals surface area contributed by atoms with Gasteiger partial charge in [-0.2, -0.15) is 0 Å². The molecular weight excluding hydrogens is 669 g/mol. The van der Waals surface area contributed by atoms with Crippen LogP contribution in [0, 0.1) is 16.7 Å². The van der Waals surface area contributed by atoms with Gasteiger partial charge in [-0.3, -0.25) is 0 Å². The summed E-state index contributed by atoms with van der Waals surface area (Å²) in [5.74, 6) is 0.531. The lowest BCUT2D eigenvalue weighted by molar-refractivity contribution is -0.0457. The standard InChI is InChI=1S/C37H82O7Si4/c1-22-31(34(6,7)28-39-25-32-26-40-32)23-33(4,5)27-38-24-29(2)41-48(21,37(12,13)44-47(18,19)20)43-35(8,9)30(3)45(14)42-36(10,11)46(15,16)17/h29-32,45H,22-28H2,1-21H3/t29?,30?,31?,32-,45?,48?/m0/s1. The first-order valence-corrected chi connectivity index (χ1v) is 30.3. The van der Waals surface area contributed by atoms with Gasteiger partial charge < -0.3 is 31.9 Å². The molecule has 0 amide bonds. The molecule has 0 aliphatic carbocycles. The molecular formula is C37H82O7Si4. The fraction of sp³-hybridized carbons (Fsp3) is 1.00. The first kappa shape index (κ1) is 46.6. The van der Waals surface area contributed by atoms with Crippen molar-refractivity contribution in [2.24, 2.45) is 16.7 Å². The molecule has 6 atom stereocenters. The maximum Gasteiger partial charge on any atom is 0.366 e. The third-order valence-electron chi connectivity index (χ3n) is 11.0. The van der Waals surface area contributed by atoms with Crippen LogP contribution in [-0.2, 0) is 31.9 Å². The molecule has 5 unspecified atom stereocenters. The van der Waals surface area contributed by atoms with Gasteiger partial charge in [0, 0.05) is 5.22 Å². The summed E-state index contributed by atoms with van der Waals surface area (Å²) >= 11 is 0. The van der Waals surface area contributed by atoms with Crippen molar-refractivity contribution in [1.29, 1.82) is 0 Å². The Morgan fingerprint density at radius 2 is 1.33 bits per heavy atom. The highest BCUT2D eigenvalue weighted by molar-refractivity contribution is 6.79. The Kier molecular flexibility index (Phi) is 16.7. The van der Waals surface area contributed by atoms with Crippen molar-refractivity contribution in [2.45, 2.75) is 189 Å². The molecule has 1 aliphatic rings. The summed E-state index contributed by atoms with van der Waals surface area (Å²) < 4.78 is 46.0. The first-order valence-electron chi connectivity index (χ1n) is 18.8. The Balaban J connectivity index is 3.04. The molecule has 0 saturated carbocycles. The Labute approximate surface area is 303 Å². The van der Waals surface area contributed by atoms with Crippen LogP contribution in [0.2, 0.25) is 57.9 Å². The molecule has 288 valence electrons. The summed E-state index contributed by atoms with van der Waals surface area (Å²) in [4.78, 5) is 0. The van der Waals surface area contributed by atoms with Crippen LogP contribution in [0.15, 0.2) is 0 Å². The molecule has 1 rings (SSSR count). The third kappa shape index (κ3) is 14.9. The predicted molar refractivity (Wildman–Crippen MR) is 214 cm³/mol. The van der Waals surface area contributed by atoms with Crippen molar-refractivity contribution >= 4 is 34.0 Å². The monoisotopic (exact) mass is 751 g/mol. The first-order chi connectivity index (χ1) is 21.3. The van der Waals surface area contributed by atoms with Crippen LogP contribution in [0.3, 0.4) is 0 Å². The van der Waals surface area contributed by atoms with Gasteiger partial charge in [-0.1, -0.05) is 67.6 Å². The van der Waals surface area contributed by atoms with Gasteiger partial charge in [0.05, 0.1) is 58.0 Å². The van der Waals surface area contributed by atoms with E-state index in [9.17, 15) is 0 Å². The molecule has 0 radical (unpaired) electrons. The molecule has 48 heavy (non-hydrogen) atoms. The average molecular weight is 751 g/mol. The van der Waals surface area contributed by atoms with Gasteiger partial charge in [0.1, 0.15) is 6.10 Å². The van der Waals surface area contributed by atoms with Gasteiger partial charge in [0.25, 0.3) is 0 Å². The lowest BCUT2D eigenvalue weighted by Crippen LogP contribution is -2.66. The van der Waals surface area contributed by atoms with E-state index in [1.165, 1.54) is 0 Å². The van der Waals surface area contributed by atoms with Crippen molar-refractivity contribution in [1.82, 2.24) is 0 Å². The van der Waals surface area contributed by atoms with Crippen LogP contribution in [0.5, 0.6) is 0 Å². The van der Waals surface area contributed by atoms with E-state index in [4.69, 9.17) is 31.9 Å². The summed E-state index contributed by atoms with van der Waals surface area (Å²) in [6, 6.07) is 0. The molecule has 0 aromatic carbocycles. The number of hydrogen-bond donors (Lipinski definition) is 0. The van der Waals surface area contributed by atoms with E-state index in [0.29, 0.717) is 31.8 Å². The fourth-order valence-electron chi connectivity index (χ4n) is 6.40. The van der Waals surface area contributed by atoms with Crippen molar-refractivity contribution in [3.63, 3.8) is 0 Å². The lowest BCUT2D eigenvalue weighted by atomic mass is 9.70. The maximum atomic E-state index is 7.30. The normalized spacial score (nSPS) is 21.1. The predicted octanol–water partition coefficient (Wildman–Crippen LogP) is 9.75. The molecule has 0 aromatic rings. The van der Waals surface area contributed by atoms with Gasteiger partial charge in [-0.25, -0.2) is 0 Å². The second kappa shape index (κ2) is 17.2. The zero-order valence-electron chi connectivity index (χ0n) is 35.7. The molecule has 1 aliphatic heterocycles. The SMILES string of the molecule is CCC(CC(C)(C)COCC(C)O[Si](C)(OC(C)(C)C(C)[SiH](C)OC(C)(C)[Si](C)(C)C)C(C)(C)O[Si](C)(C)C)C(C)(C)COC[C@H]1CO1. The van der Waals surface area contributed by atoms with Crippen molar-refractivity contribution in [3.8, 4) is 0 Å². The van der Waals surface area contributed by atoms with E-state index < -0.39 is 44.8 Å². The molecule has 0 N–H and O–H groups in total. The summed E-state index contributed by atoms with van der Waals surface area (Å²) in [6.07, 6.45) is 2.36. The van der Waals surface area contributed by atoms with Gasteiger partial charge in [0.2, 0.25) is 0 Å². The van der Waals surface area contributed by atoms with Crippen LogP contribution in [0.25, 0.3) is 0 Å². The maximum absolute atomic E-state index is 7.30. The van der Waals surface area contributed by atoms with Gasteiger partial charge in [0.15, 0.2) is 17.4 Å². The molecule has 1 heterocycles. The summed E-state index contributed by atoms with van der Waals surface area (Å²) in [6.45, 7) is 51.3. The van der Waals surface area contributed by atoms with E-state index >= 15 is 0 Å². The zero-order valence-corrected chi connectivity index (χ0v) is 39.8. The summed E-state index contributed by atoms with van der Waals surface area (Å²) in [5.41, 5.74) is -0.0653. The third-order valence-corrected chi connectivity index (χ3v) is 23.6. The van der Waals surface area contributed by atoms with E-state index in [1.54, 1.807) is 0 Å².